The molecule has 0 aliphatic rings. The van der Waals surface area contributed by atoms with Gasteiger partial charge in [0.15, 0.2) is 0 Å². The van der Waals surface area contributed by atoms with Crippen LogP contribution in [0, 0.1) is 12.7 Å². The smallest absolute Gasteiger partial charge is 0.129 e. The third kappa shape index (κ3) is 2.04. The summed E-state index contributed by atoms with van der Waals surface area (Å²) < 4.78 is 25.4. The molecule has 1 aromatic rings. The second-order valence-corrected chi connectivity index (χ2v) is 3.11. The summed E-state index contributed by atoms with van der Waals surface area (Å²) in [7, 11) is 0. The molecule has 0 spiro atoms. The van der Waals surface area contributed by atoms with Gasteiger partial charge in [-0.15, -0.1) is 0 Å². The SMILES string of the molecule is Cc1cc(C(C)O)cc(F)c1CF. The molecule has 0 aliphatic heterocycles. The van der Waals surface area contributed by atoms with Crippen LogP contribution in [-0.2, 0) is 6.67 Å². The highest BCUT2D eigenvalue weighted by Crippen LogP contribution is 2.21. The maximum absolute atomic E-state index is 13.1. The number of rotatable bonds is 2. The van der Waals surface area contributed by atoms with Crippen molar-refractivity contribution in [3.63, 3.8) is 0 Å². The number of hydrogen-bond acceptors (Lipinski definition) is 1. The van der Waals surface area contributed by atoms with Crippen LogP contribution in [0.4, 0.5) is 8.78 Å². The van der Waals surface area contributed by atoms with Gasteiger partial charge in [0.05, 0.1) is 6.10 Å². The Morgan fingerprint density at radius 2 is 2.08 bits per heavy atom. The summed E-state index contributed by atoms with van der Waals surface area (Å²) >= 11 is 0. The fourth-order valence-electron chi connectivity index (χ4n) is 1.21. The van der Waals surface area contributed by atoms with Gasteiger partial charge >= 0.3 is 0 Å². The van der Waals surface area contributed by atoms with E-state index in [0.29, 0.717) is 11.1 Å². The molecule has 0 heterocycles. The zero-order valence-electron chi connectivity index (χ0n) is 7.64. The third-order valence-electron chi connectivity index (χ3n) is 2.06. The average Bonchev–Trinajstić information content (AvgIpc) is 2.03. The maximum Gasteiger partial charge on any atom is 0.129 e. The van der Waals surface area contributed by atoms with E-state index in [2.05, 4.69) is 0 Å². The van der Waals surface area contributed by atoms with Gasteiger partial charge in [0, 0.05) is 5.56 Å². The van der Waals surface area contributed by atoms with Crippen molar-refractivity contribution in [2.24, 2.45) is 0 Å². The Morgan fingerprint density at radius 1 is 1.46 bits per heavy atom. The van der Waals surface area contributed by atoms with Crippen molar-refractivity contribution in [2.45, 2.75) is 26.6 Å². The van der Waals surface area contributed by atoms with Crippen molar-refractivity contribution in [2.75, 3.05) is 0 Å². The minimum Gasteiger partial charge on any atom is -0.389 e. The van der Waals surface area contributed by atoms with Crippen molar-refractivity contribution in [1.82, 2.24) is 0 Å². The molecular weight excluding hydrogens is 174 g/mol. The quantitative estimate of drug-likeness (QED) is 0.752. The first-order chi connectivity index (χ1) is 6.06. The van der Waals surface area contributed by atoms with Crippen LogP contribution in [0.5, 0.6) is 0 Å². The van der Waals surface area contributed by atoms with Gasteiger partial charge in [-0.1, -0.05) is 6.07 Å². The predicted octanol–water partition coefficient (Wildman–Crippen LogP) is 2.66. The predicted molar refractivity (Wildman–Crippen MR) is 46.6 cm³/mol. The van der Waals surface area contributed by atoms with E-state index < -0.39 is 18.6 Å². The Kier molecular flexibility index (Phi) is 2.98. The molecule has 0 aromatic heterocycles. The van der Waals surface area contributed by atoms with Crippen LogP contribution in [0.15, 0.2) is 12.1 Å². The van der Waals surface area contributed by atoms with Gasteiger partial charge in [0.2, 0.25) is 0 Å². The molecule has 3 heteroatoms. The number of benzene rings is 1. The molecule has 1 atom stereocenters. The topological polar surface area (TPSA) is 20.2 Å². The van der Waals surface area contributed by atoms with E-state index >= 15 is 0 Å². The van der Waals surface area contributed by atoms with Gasteiger partial charge in [0.1, 0.15) is 12.5 Å². The van der Waals surface area contributed by atoms with Crippen molar-refractivity contribution >= 4 is 0 Å². The van der Waals surface area contributed by atoms with Crippen LogP contribution in [0.2, 0.25) is 0 Å². The van der Waals surface area contributed by atoms with E-state index in [1.54, 1.807) is 19.9 Å². The van der Waals surface area contributed by atoms with Crippen LogP contribution in [-0.4, -0.2) is 5.11 Å². The number of aliphatic hydroxyl groups excluding tert-OH is 1. The van der Waals surface area contributed by atoms with Crippen LogP contribution < -0.4 is 0 Å². The number of halogens is 2. The highest BCUT2D eigenvalue weighted by Gasteiger charge is 2.10. The highest BCUT2D eigenvalue weighted by atomic mass is 19.1. The van der Waals surface area contributed by atoms with Crippen LogP contribution in [0.1, 0.15) is 29.7 Å². The van der Waals surface area contributed by atoms with E-state index in [0.717, 1.165) is 0 Å². The van der Waals surface area contributed by atoms with Crippen molar-refractivity contribution < 1.29 is 13.9 Å². The lowest BCUT2D eigenvalue weighted by Crippen LogP contribution is -1.98. The minimum atomic E-state index is -0.808. The summed E-state index contributed by atoms with van der Waals surface area (Å²) in [5.74, 6) is -0.585. The number of alkyl halides is 1. The molecule has 1 rings (SSSR count). The van der Waals surface area contributed by atoms with Gasteiger partial charge in [-0.25, -0.2) is 8.78 Å². The Balaban J connectivity index is 3.20. The molecule has 0 amide bonds. The normalized spacial score (nSPS) is 13.0. The minimum absolute atomic E-state index is 0.0735. The fraction of sp³-hybridized carbons (Fsp3) is 0.400. The van der Waals surface area contributed by atoms with E-state index in [9.17, 15) is 13.9 Å². The zero-order valence-corrected chi connectivity index (χ0v) is 7.64. The fourth-order valence-corrected chi connectivity index (χ4v) is 1.21. The molecule has 0 aliphatic carbocycles. The Hall–Kier alpha value is -0.960. The van der Waals surface area contributed by atoms with Crippen molar-refractivity contribution in [3.8, 4) is 0 Å². The van der Waals surface area contributed by atoms with Crippen LogP contribution in [0.25, 0.3) is 0 Å². The van der Waals surface area contributed by atoms with Gasteiger partial charge in [-0.2, -0.15) is 0 Å². The first-order valence-corrected chi connectivity index (χ1v) is 4.09. The lowest BCUT2D eigenvalue weighted by atomic mass is 10.0. The number of aliphatic hydroxyl groups is 1. The molecule has 72 valence electrons. The van der Waals surface area contributed by atoms with E-state index in [-0.39, 0.29) is 5.56 Å². The molecule has 0 bridgehead atoms. The first kappa shape index (κ1) is 10.1. The Labute approximate surface area is 76.0 Å². The number of aryl methyl sites for hydroxylation is 1. The molecule has 0 fully saturated rings. The second kappa shape index (κ2) is 3.83. The molecule has 1 unspecified atom stereocenters. The van der Waals surface area contributed by atoms with Gasteiger partial charge in [-0.3, -0.25) is 0 Å². The molecule has 13 heavy (non-hydrogen) atoms. The first-order valence-electron chi connectivity index (χ1n) is 4.09. The number of hydrogen-bond donors (Lipinski definition) is 1. The standard InChI is InChI=1S/C10H12F2O/c1-6-3-8(7(2)13)4-10(12)9(6)5-11/h3-4,7,13H,5H2,1-2H3. The summed E-state index contributed by atoms with van der Waals surface area (Å²) in [5, 5.41) is 9.18. The Morgan fingerprint density at radius 3 is 2.46 bits per heavy atom. The lowest BCUT2D eigenvalue weighted by molar-refractivity contribution is 0.198. The van der Waals surface area contributed by atoms with Gasteiger partial charge in [0.25, 0.3) is 0 Å². The maximum atomic E-state index is 13.1. The third-order valence-corrected chi connectivity index (χ3v) is 2.06. The summed E-state index contributed by atoms with van der Waals surface area (Å²) in [6.07, 6.45) is -0.720. The van der Waals surface area contributed by atoms with Crippen LogP contribution >= 0.6 is 0 Å². The molecule has 0 saturated heterocycles. The van der Waals surface area contributed by atoms with E-state index in [1.807, 2.05) is 0 Å². The lowest BCUT2D eigenvalue weighted by Gasteiger charge is -2.09. The summed E-state index contributed by atoms with van der Waals surface area (Å²) in [4.78, 5) is 0. The van der Waals surface area contributed by atoms with E-state index in [1.165, 1.54) is 6.07 Å². The summed E-state index contributed by atoms with van der Waals surface area (Å²) in [5.41, 5.74) is 1.09. The summed E-state index contributed by atoms with van der Waals surface area (Å²) in [6.45, 7) is 2.37. The molecular formula is C10H12F2O. The molecule has 1 nitrogen and oxygen atoms in total. The van der Waals surface area contributed by atoms with Gasteiger partial charge in [-0.05, 0) is 31.0 Å². The van der Waals surface area contributed by atoms with Crippen LogP contribution in [0.3, 0.4) is 0 Å². The summed E-state index contributed by atoms with van der Waals surface area (Å²) in [6, 6.07) is 2.77. The second-order valence-electron chi connectivity index (χ2n) is 3.11. The largest absolute Gasteiger partial charge is 0.389 e. The molecule has 1 N–H and O–H groups in total. The molecule has 1 aromatic carbocycles. The molecule has 0 radical (unpaired) electrons. The zero-order chi connectivity index (χ0) is 10.0. The average molecular weight is 186 g/mol. The van der Waals surface area contributed by atoms with Gasteiger partial charge < -0.3 is 5.11 Å². The van der Waals surface area contributed by atoms with Crippen molar-refractivity contribution in [3.05, 3.63) is 34.6 Å². The van der Waals surface area contributed by atoms with Crippen molar-refractivity contribution in [1.29, 1.82) is 0 Å². The monoisotopic (exact) mass is 186 g/mol. The Bertz CT molecular complexity index is 285. The molecule has 0 saturated carbocycles. The highest BCUT2D eigenvalue weighted by molar-refractivity contribution is 5.33. The van der Waals surface area contributed by atoms with E-state index in [4.69, 9.17) is 0 Å².